The van der Waals surface area contributed by atoms with E-state index in [1.807, 2.05) is 18.7 Å². The third kappa shape index (κ3) is 17.1. The number of ether oxygens (including phenoxy) is 1. The van der Waals surface area contributed by atoms with Crippen molar-refractivity contribution in [1.82, 2.24) is 10.2 Å². The minimum Gasteiger partial charge on any atom is -0.483 e. The molecule has 2 aliphatic rings. The van der Waals surface area contributed by atoms with Gasteiger partial charge in [0.1, 0.15) is 12.1 Å². The first-order chi connectivity index (χ1) is 13.8. The molecule has 7 heteroatoms. The number of carbonyl (C=O) groups excluding carboxylic acids is 2. The maximum absolute atomic E-state index is 12.1. The average molecular weight is 431 g/mol. The van der Waals surface area contributed by atoms with E-state index in [0.717, 1.165) is 13.1 Å². The fourth-order valence-electron chi connectivity index (χ4n) is 3.18. The van der Waals surface area contributed by atoms with Gasteiger partial charge in [0.15, 0.2) is 0 Å². The van der Waals surface area contributed by atoms with Crippen LogP contribution in [0.15, 0.2) is 0 Å². The first-order valence-electron chi connectivity index (χ1n) is 11.1. The Hall–Kier alpha value is -1.79. The molecule has 2 fully saturated rings. The van der Waals surface area contributed by atoms with E-state index in [2.05, 4.69) is 33.0 Å². The topological polar surface area (TPSA) is 95.9 Å². The van der Waals surface area contributed by atoms with E-state index in [1.54, 1.807) is 20.8 Å². The standard InChI is InChI=1S/C15H26N2O3.C5H12.C2H6.CH2O2/c1-15(2,3)20-14(19)16-8-13(18)17-9-11-6-4-5-7-12(11)10-17;1-5(2,3)4;1-2;2-1-3/h11-12H,4-10H2,1-3H3,(H,16,19);1-4H3;1-2H3;1H,(H,2,3). The molecule has 0 aromatic rings. The zero-order valence-corrected chi connectivity index (χ0v) is 20.7. The fraction of sp³-hybridized carbons (Fsp3) is 0.870. The van der Waals surface area contributed by atoms with Crippen molar-refractivity contribution in [2.45, 2.75) is 93.6 Å². The van der Waals surface area contributed by atoms with E-state index in [9.17, 15) is 9.59 Å². The Labute approximate surface area is 183 Å². The van der Waals surface area contributed by atoms with Crippen LogP contribution in [0.5, 0.6) is 0 Å². The highest BCUT2D eigenvalue weighted by molar-refractivity contribution is 5.82. The van der Waals surface area contributed by atoms with Gasteiger partial charge in [0.2, 0.25) is 5.91 Å². The number of alkyl carbamates (subject to hydrolysis) is 1. The second-order valence-electron chi connectivity index (χ2n) is 10.1. The number of hydrogen-bond donors (Lipinski definition) is 2. The van der Waals surface area contributed by atoms with Crippen LogP contribution in [0.4, 0.5) is 4.79 Å². The normalized spacial score (nSPS) is 20.0. The molecule has 7 nitrogen and oxygen atoms in total. The predicted octanol–water partition coefficient (Wildman–Crippen LogP) is 4.94. The number of fused-ring (bicyclic) bond motifs is 1. The SMILES string of the molecule is CC.CC(C)(C)C.CC(C)(C)OC(=O)NCC(=O)N1CC2CCCCC2C1.O=CO. The van der Waals surface area contributed by atoms with Crippen molar-refractivity contribution in [2.75, 3.05) is 19.6 Å². The lowest BCUT2D eigenvalue weighted by Crippen LogP contribution is -2.41. The molecule has 2 rings (SSSR count). The molecule has 1 heterocycles. The van der Waals surface area contributed by atoms with Gasteiger partial charge in [-0.05, 0) is 50.9 Å². The van der Waals surface area contributed by atoms with Crippen LogP contribution in [0, 0.1) is 17.3 Å². The van der Waals surface area contributed by atoms with Gasteiger partial charge >= 0.3 is 6.09 Å². The van der Waals surface area contributed by atoms with Crippen LogP contribution in [-0.4, -0.2) is 53.7 Å². The molecule has 2 amide bonds. The minimum atomic E-state index is -0.532. The largest absolute Gasteiger partial charge is 0.483 e. The summed E-state index contributed by atoms with van der Waals surface area (Å²) in [6, 6.07) is 0. The molecule has 2 atom stereocenters. The first kappa shape index (κ1) is 30.4. The Morgan fingerprint density at radius 3 is 1.70 bits per heavy atom. The summed E-state index contributed by atoms with van der Waals surface area (Å²) in [5.41, 5.74) is -0.0320. The number of hydrogen-bond acceptors (Lipinski definition) is 4. The number of nitrogens with zero attached hydrogens (tertiary/aromatic N) is 1. The van der Waals surface area contributed by atoms with E-state index >= 15 is 0 Å². The predicted molar refractivity (Wildman–Crippen MR) is 121 cm³/mol. The van der Waals surface area contributed by atoms with Crippen LogP contribution in [0.3, 0.4) is 0 Å². The van der Waals surface area contributed by atoms with E-state index in [0.29, 0.717) is 17.3 Å². The zero-order valence-electron chi connectivity index (χ0n) is 20.7. The summed E-state index contributed by atoms with van der Waals surface area (Å²) >= 11 is 0. The van der Waals surface area contributed by atoms with Crippen LogP contribution in [0.2, 0.25) is 0 Å². The Kier molecular flexibility index (Phi) is 15.3. The second-order valence-corrected chi connectivity index (χ2v) is 10.1. The van der Waals surface area contributed by atoms with Crippen molar-refractivity contribution < 1.29 is 24.2 Å². The lowest BCUT2D eigenvalue weighted by Gasteiger charge is -2.22. The summed E-state index contributed by atoms with van der Waals surface area (Å²) in [7, 11) is 0. The van der Waals surface area contributed by atoms with Gasteiger partial charge in [-0.25, -0.2) is 4.79 Å². The van der Waals surface area contributed by atoms with Gasteiger partial charge in [0.25, 0.3) is 6.47 Å². The summed E-state index contributed by atoms with van der Waals surface area (Å²) in [5, 5.41) is 9.43. The molecule has 0 aromatic heterocycles. The lowest BCUT2D eigenvalue weighted by atomic mass is 9.82. The minimum absolute atomic E-state index is 0.00487. The number of likely N-dealkylation sites (tertiary alicyclic amines) is 1. The summed E-state index contributed by atoms with van der Waals surface area (Å²) in [4.78, 5) is 33.9. The molecule has 178 valence electrons. The fourth-order valence-corrected chi connectivity index (χ4v) is 3.18. The molecular weight excluding hydrogens is 384 g/mol. The molecule has 0 bridgehead atoms. The third-order valence-electron chi connectivity index (χ3n) is 4.11. The van der Waals surface area contributed by atoms with Crippen LogP contribution < -0.4 is 5.32 Å². The molecule has 1 aliphatic heterocycles. The van der Waals surface area contributed by atoms with Crippen molar-refractivity contribution in [3.8, 4) is 0 Å². The van der Waals surface area contributed by atoms with Crippen LogP contribution in [-0.2, 0) is 14.3 Å². The van der Waals surface area contributed by atoms with Crippen molar-refractivity contribution in [3.05, 3.63) is 0 Å². The maximum Gasteiger partial charge on any atom is 0.408 e. The molecule has 1 aliphatic carbocycles. The van der Waals surface area contributed by atoms with Crippen molar-refractivity contribution in [2.24, 2.45) is 17.3 Å². The Bertz CT molecular complexity index is 475. The average Bonchev–Trinajstić information content (AvgIpc) is 3.03. The first-order valence-corrected chi connectivity index (χ1v) is 11.1. The zero-order chi connectivity index (χ0) is 24.0. The number of carbonyl (C=O) groups is 3. The van der Waals surface area contributed by atoms with Gasteiger partial charge in [-0.3, -0.25) is 9.59 Å². The van der Waals surface area contributed by atoms with Crippen molar-refractivity contribution in [3.63, 3.8) is 0 Å². The van der Waals surface area contributed by atoms with Crippen molar-refractivity contribution >= 4 is 18.5 Å². The van der Waals surface area contributed by atoms with E-state index in [-0.39, 0.29) is 18.9 Å². The molecule has 0 aromatic carbocycles. The lowest BCUT2D eigenvalue weighted by molar-refractivity contribution is -0.129. The Morgan fingerprint density at radius 2 is 1.37 bits per heavy atom. The summed E-state index contributed by atoms with van der Waals surface area (Å²) in [6.07, 6.45) is 4.54. The van der Waals surface area contributed by atoms with E-state index in [1.165, 1.54) is 25.7 Å². The van der Waals surface area contributed by atoms with Crippen molar-refractivity contribution in [1.29, 1.82) is 0 Å². The summed E-state index contributed by atoms with van der Waals surface area (Å²) in [5.74, 6) is 1.36. The highest BCUT2D eigenvalue weighted by Crippen LogP contribution is 2.35. The number of rotatable bonds is 2. The monoisotopic (exact) mass is 430 g/mol. The molecule has 2 unspecified atom stereocenters. The second kappa shape index (κ2) is 15.1. The van der Waals surface area contributed by atoms with Crippen LogP contribution in [0.1, 0.15) is 88.0 Å². The number of carboxylic acid groups (broad SMARTS) is 1. The van der Waals surface area contributed by atoms with Gasteiger partial charge < -0.3 is 20.1 Å². The van der Waals surface area contributed by atoms with Crippen LogP contribution >= 0.6 is 0 Å². The molecule has 2 N–H and O–H groups in total. The van der Waals surface area contributed by atoms with Gasteiger partial charge in [-0.1, -0.05) is 54.4 Å². The summed E-state index contributed by atoms with van der Waals surface area (Å²) < 4.78 is 5.12. The molecular formula is C23H46N2O5. The Balaban J connectivity index is 0. The highest BCUT2D eigenvalue weighted by Gasteiger charge is 2.36. The number of amides is 2. The van der Waals surface area contributed by atoms with E-state index in [4.69, 9.17) is 14.6 Å². The number of nitrogens with one attached hydrogen (secondary N) is 1. The Morgan fingerprint density at radius 1 is 1.00 bits per heavy atom. The van der Waals surface area contributed by atoms with E-state index < -0.39 is 11.7 Å². The summed E-state index contributed by atoms with van der Waals surface area (Å²) in [6.45, 7) is 19.7. The maximum atomic E-state index is 12.1. The third-order valence-corrected chi connectivity index (χ3v) is 4.11. The molecule has 30 heavy (non-hydrogen) atoms. The quantitative estimate of drug-likeness (QED) is 0.605. The molecule has 1 saturated heterocycles. The van der Waals surface area contributed by atoms with Crippen LogP contribution in [0.25, 0.3) is 0 Å². The van der Waals surface area contributed by atoms with Gasteiger partial charge in [0.05, 0.1) is 0 Å². The highest BCUT2D eigenvalue weighted by atomic mass is 16.6. The van der Waals surface area contributed by atoms with Gasteiger partial charge in [-0.2, -0.15) is 0 Å². The van der Waals surface area contributed by atoms with Gasteiger partial charge in [-0.15, -0.1) is 0 Å². The van der Waals surface area contributed by atoms with Gasteiger partial charge in [0, 0.05) is 13.1 Å². The smallest absolute Gasteiger partial charge is 0.408 e. The molecule has 0 spiro atoms. The molecule has 0 radical (unpaired) electrons. The molecule has 1 saturated carbocycles.